The van der Waals surface area contributed by atoms with E-state index in [9.17, 15) is 4.79 Å². The largest absolute Gasteiger partial charge is 0.448 e. The van der Waals surface area contributed by atoms with Crippen molar-refractivity contribution in [2.24, 2.45) is 0 Å². The van der Waals surface area contributed by atoms with Gasteiger partial charge in [0.1, 0.15) is 11.1 Å². The molecule has 2 aromatic heterocycles. The second-order valence-corrected chi connectivity index (χ2v) is 3.93. The van der Waals surface area contributed by atoms with Gasteiger partial charge in [0.2, 0.25) is 5.58 Å². The molecular formula is C13H9N3O2. The van der Waals surface area contributed by atoms with Crippen LogP contribution in [-0.4, -0.2) is 9.55 Å². The highest BCUT2D eigenvalue weighted by Crippen LogP contribution is 2.23. The molecular weight excluding hydrogens is 230 g/mol. The second kappa shape index (κ2) is 4.00. The van der Waals surface area contributed by atoms with Gasteiger partial charge in [0.05, 0.1) is 18.8 Å². The quantitative estimate of drug-likeness (QED) is 0.686. The van der Waals surface area contributed by atoms with E-state index in [2.05, 4.69) is 4.98 Å². The van der Waals surface area contributed by atoms with Crippen molar-refractivity contribution in [2.75, 3.05) is 0 Å². The Morgan fingerprint density at radius 2 is 2.22 bits per heavy atom. The molecule has 0 atom stereocenters. The molecule has 0 saturated carbocycles. The molecule has 5 nitrogen and oxygen atoms in total. The molecule has 0 bridgehead atoms. The molecule has 0 aliphatic rings. The van der Waals surface area contributed by atoms with Gasteiger partial charge in [-0.25, -0.2) is 4.98 Å². The fourth-order valence-electron chi connectivity index (χ4n) is 1.95. The van der Waals surface area contributed by atoms with Crippen LogP contribution in [0.1, 0.15) is 6.42 Å². The minimum absolute atomic E-state index is 0.244. The van der Waals surface area contributed by atoms with E-state index in [4.69, 9.17) is 9.68 Å². The third-order valence-electron chi connectivity index (χ3n) is 2.82. The van der Waals surface area contributed by atoms with Gasteiger partial charge >= 0.3 is 0 Å². The van der Waals surface area contributed by atoms with Crippen molar-refractivity contribution < 1.29 is 4.42 Å². The summed E-state index contributed by atoms with van der Waals surface area (Å²) >= 11 is 0. The first-order valence-corrected chi connectivity index (χ1v) is 5.55. The zero-order valence-electron chi connectivity index (χ0n) is 9.46. The van der Waals surface area contributed by atoms with Crippen LogP contribution in [0.2, 0.25) is 0 Å². The molecule has 0 radical (unpaired) electrons. The van der Waals surface area contributed by atoms with E-state index in [1.807, 2.05) is 24.3 Å². The van der Waals surface area contributed by atoms with Crippen LogP contribution in [0.3, 0.4) is 0 Å². The number of hydrogen-bond acceptors (Lipinski definition) is 4. The number of benzene rings is 1. The lowest BCUT2D eigenvalue weighted by Gasteiger charge is -1.99. The smallest absolute Gasteiger partial charge is 0.297 e. The summed E-state index contributed by atoms with van der Waals surface area (Å²) in [6.07, 6.45) is 1.73. The minimum Gasteiger partial charge on any atom is -0.448 e. The lowest BCUT2D eigenvalue weighted by Crippen LogP contribution is -2.19. The number of fused-ring (bicyclic) bond motifs is 3. The van der Waals surface area contributed by atoms with Crippen LogP contribution in [0.25, 0.3) is 22.1 Å². The van der Waals surface area contributed by atoms with Crippen molar-refractivity contribution in [2.45, 2.75) is 13.0 Å². The average molecular weight is 239 g/mol. The number of nitrogens with zero attached hydrogens (tertiary/aromatic N) is 3. The molecule has 0 aliphatic heterocycles. The summed E-state index contributed by atoms with van der Waals surface area (Å²) < 4.78 is 6.92. The Balaban J connectivity index is 2.30. The van der Waals surface area contributed by atoms with Crippen LogP contribution in [0.5, 0.6) is 0 Å². The van der Waals surface area contributed by atoms with Crippen molar-refractivity contribution in [1.82, 2.24) is 9.55 Å². The molecule has 0 N–H and O–H groups in total. The van der Waals surface area contributed by atoms with Gasteiger partial charge in [-0.3, -0.25) is 9.36 Å². The van der Waals surface area contributed by atoms with Crippen molar-refractivity contribution in [3.05, 3.63) is 40.9 Å². The third-order valence-corrected chi connectivity index (χ3v) is 2.82. The van der Waals surface area contributed by atoms with E-state index in [0.717, 1.165) is 5.39 Å². The van der Waals surface area contributed by atoms with E-state index in [1.165, 1.54) is 10.9 Å². The molecule has 3 aromatic rings. The number of rotatable bonds is 2. The Morgan fingerprint density at radius 1 is 1.39 bits per heavy atom. The Bertz CT molecular complexity index is 823. The second-order valence-electron chi connectivity index (χ2n) is 3.93. The van der Waals surface area contributed by atoms with Gasteiger partial charge in [0.25, 0.3) is 5.56 Å². The molecule has 1 aromatic carbocycles. The maximum Gasteiger partial charge on any atom is 0.297 e. The molecule has 3 rings (SSSR count). The Hall–Kier alpha value is -2.61. The zero-order chi connectivity index (χ0) is 12.5. The Kier molecular flexibility index (Phi) is 2.34. The molecule has 18 heavy (non-hydrogen) atoms. The minimum atomic E-state index is -0.244. The fraction of sp³-hybridized carbons (Fsp3) is 0.154. The Labute approximate surface area is 102 Å². The van der Waals surface area contributed by atoms with Crippen molar-refractivity contribution >= 4 is 22.1 Å². The highest BCUT2D eigenvalue weighted by Gasteiger charge is 2.12. The van der Waals surface area contributed by atoms with E-state index in [-0.39, 0.29) is 17.6 Å². The van der Waals surface area contributed by atoms with E-state index in [0.29, 0.717) is 17.6 Å². The molecule has 0 spiro atoms. The van der Waals surface area contributed by atoms with Gasteiger partial charge in [0, 0.05) is 11.9 Å². The standard InChI is InChI=1S/C13H9N3O2/c14-6-3-7-16-8-15-11-9-4-1-2-5-10(9)18-12(11)13(16)17/h1-2,4-5,8H,3,7H2. The number of nitriles is 1. The number of hydrogen-bond donors (Lipinski definition) is 0. The molecule has 0 aliphatic carbocycles. The van der Waals surface area contributed by atoms with Crippen molar-refractivity contribution in [3.63, 3.8) is 0 Å². The van der Waals surface area contributed by atoms with Crippen molar-refractivity contribution in [1.29, 1.82) is 5.26 Å². The first-order chi connectivity index (χ1) is 8.81. The van der Waals surface area contributed by atoms with Crippen LogP contribution in [0.4, 0.5) is 0 Å². The molecule has 5 heteroatoms. The van der Waals surface area contributed by atoms with Crippen LogP contribution >= 0.6 is 0 Å². The normalized spacial score (nSPS) is 10.8. The maximum atomic E-state index is 12.1. The summed E-state index contributed by atoms with van der Waals surface area (Å²) in [4.78, 5) is 16.4. The number of para-hydroxylation sites is 1. The van der Waals surface area contributed by atoms with E-state index < -0.39 is 0 Å². The summed E-state index contributed by atoms with van der Waals surface area (Å²) in [6.45, 7) is 0.329. The summed E-state index contributed by atoms with van der Waals surface area (Å²) in [5.74, 6) is 0. The van der Waals surface area contributed by atoms with Gasteiger partial charge in [-0.2, -0.15) is 5.26 Å². The Morgan fingerprint density at radius 3 is 3.06 bits per heavy atom. The number of aryl methyl sites for hydroxylation is 1. The van der Waals surface area contributed by atoms with Crippen LogP contribution in [0.15, 0.2) is 39.8 Å². The molecule has 2 heterocycles. The van der Waals surface area contributed by atoms with E-state index in [1.54, 1.807) is 6.07 Å². The number of aromatic nitrogens is 2. The summed E-state index contributed by atoms with van der Waals surface area (Å²) in [5.41, 5.74) is 1.22. The maximum absolute atomic E-state index is 12.1. The molecule has 0 saturated heterocycles. The third kappa shape index (κ3) is 1.47. The summed E-state index contributed by atoms with van der Waals surface area (Å²) in [7, 11) is 0. The lowest BCUT2D eigenvalue weighted by atomic mass is 10.2. The topological polar surface area (TPSA) is 71.8 Å². The molecule has 0 unspecified atom stereocenters. The van der Waals surface area contributed by atoms with Crippen LogP contribution < -0.4 is 5.56 Å². The first-order valence-electron chi connectivity index (χ1n) is 5.55. The van der Waals surface area contributed by atoms with Gasteiger partial charge in [0.15, 0.2) is 0 Å². The van der Waals surface area contributed by atoms with Gasteiger partial charge in [-0.05, 0) is 12.1 Å². The van der Waals surface area contributed by atoms with Gasteiger partial charge in [-0.1, -0.05) is 12.1 Å². The SMILES string of the molecule is N#CCCn1cnc2c(oc3ccccc32)c1=O. The summed E-state index contributed by atoms with van der Waals surface area (Å²) in [6, 6.07) is 9.39. The monoisotopic (exact) mass is 239 g/mol. The van der Waals surface area contributed by atoms with Crippen LogP contribution in [-0.2, 0) is 6.54 Å². The first kappa shape index (κ1) is 10.5. The predicted octanol–water partition coefficient (Wildman–Crippen LogP) is 2.06. The summed E-state index contributed by atoms with van der Waals surface area (Å²) in [5, 5.41) is 9.37. The highest BCUT2D eigenvalue weighted by molar-refractivity contribution is 6.01. The van der Waals surface area contributed by atoms with Gasteiger partial charge < -0.3 is 4.42 Å². The lowest BCUT2D eigenvalue weighted by molar-refractivity contribution is 0.626. The molecule has 88 valence electrons. The van der Waals surface area contributed by atoms with E-state index >= 15 is 0 Å². The molecule has 0 fully saturated rings. The van der Waals surface area contributed by atoms with Gasteiger partial charge in [-0.15, -0.1) is 0 Å². The van der Waals surface area contributed by atoms with Crippen molar-refractivity contribution in [3.8, 4) is 6.07 Å². The number of furan rings is 1. The van der Waals surface area contributed by atoms with Crippen LogP contribution in [0, 0.1) is 11.3 Å². The fourth-order valence-corrected chi connectivity index (χ4v) is 1.95. The average Bonchev–Trinajstić information content (AvgIpc) is 2.78. The highest BCUT2D eigenvalue weighted by atomic mass is 16.3. The molecule has 0 amide bonds. The zero-order valence-corrected chi connectivity index (χ0v) is 9.46. The predicted molar refractivity (Wildman–Crippen MR) is 66.0 cm³/mol.